The lowest BCUT2D eigenvalue weighted by Gasteiger charge is -2.04. The molecule has 1 amide bonds. The van der Waals surface area contributed by atoms with Crippen LogP contribution in [-0.2, 0) is 10.0 Å². The van der Waals surface area contributed by atoms with E-state index in [1.54, 1.807) is 24.3 Å². The molecular weight excluding hydrogens is 308 g/mol. The van der Waals surface area contributed by atoms with Crippen LogP contribution in [0.2, 0.25) is 0 Å². The molecular formula is C14H14N2O5S. The number of benzene rings is 1. The number of furan rings is 1. The average molecular weight is 322 g/mol. The molecule has 2 aromatic rings. The molecule has 1 aromatic carbocycles. The minimum Gasteiger partial charge on any atom is -0.438 e. The number of Topliss-reactive ketones (excluding diaryl/α,β-unsaturated/α-hetero) is 1. The van der Waals surface area contributed by atoms with Crippen molar-refractivity contribution >= 4 is 27.4 Å². The molecule has 0 bridgehead atoms. The molecule has 2 rings (SSSR count). The van der Waals surface area contributed by atoms with E-state index in [-0.39, 0.29) is 16.6 Å². The van der Waals surface area contributed by atoms with Crippen molar-refractivity contribution in [1.82, 2.24) is 4.72 Å². The van der Waals surface area contributed by atoms with E-state index < -0.39 is 15.9 Å². The maximum absolute atomic E-state index is 12.0. The summed E-state index contributed by atoms with van der Waals surface area (Å²) in [5.74, 6) is -0.802. The number of nitrogens with one attached hydrogen (secondary N) is 2. The van der Waals surface area contributed by atoms with Gasteiger partial charge in [-0.2, -0.15) is 0 Å². The zero-order chi connectivity index (χ0) is 16.3. The first-order chi connectivity index (χ1) is 10.3. The van der Waals surface area contributed by atoms with Crippen LogP contribution in [0.5, 0.6) is 0 Å². The summed E-state index contributed by atoms with van der Waals surface area (Å²) in [6.45, 7) is 1.44. The quantitative estimate of drug-likeness (QED) is 0.814. The van der Waals surface area contributed by atoms with Crippen molar-refractivity contribution in [3.8, 4) is 0 Å². The van der Waals surface area contributed by atoms with Gasteiger partial charge in [0.1, 0.15) is 0 Å². The highest BCUT2D eigenvalue weighted by molar-refractivity contribution is 7.89. The van der Waals surface area contributed by atoms with Gasteiger partial charge in [0.15, 0.2) is 11.5 Å². The summed E-state index contributed by atoms with van der Waals surface area (Å²) in [4.78, 5) is 23.1. The summed E-state index contributed by atoms with van der Waals surface area (Å²) in [7, 11) is -2.49. The van der Waals surface area contributed by atoms with Crippen molar-refractivity contribution in [3.63, 3.8) is 0 Å². The zero-order valence-corrected chi connectivity index (χ0v) is 12.7. The Hall–Kier alpha value is -2.45. The second-order valence-corrected chi connectivity index (χ2v) is 6.23. The fraction of sp³-hybridized carbons (Fsp3) is 0.143. The van der Waals surface area contributed by atoms with Gasteiger partial charge < -0.3 is 9.73 Å². The van der Waals surface area contributed by atoms with Crippen molar-refractivity contribution in [1.29, 1.82) is 0 Å². The highest BCUT2D eigenvalue weighted by Gasteiger charge is 2.19. The summed E-state index contributed by atoms with van der Waals surface area (Å²) < 4.78 is 30.2. The Kier molecular flexibility index (Phi) is 4.43. The van der Waals surface area contributed by atoms with Crippen LogP contribution in [-0.4, -0.2) is 27.2 Å². The lowest BCUT2D eigenvalue weighted by molar-refractivity contribution is 0.0989. The molecule has 0 unspecified atom stereocenters. The van der Waals surface area contributed by atoms with Crippen LogP contribution in [0.4, 0.5) is 5.69 Å². The minimum atomic E-state index is -3.73. The van der Waals surface area contributed by atoms with Crippen molar-refractivity contribution in [2.45, 2.75) is 12.0 Å². The van der Waals surface area contributed by atoms with E-state index in [1.165, 1.54) is 26.1 Å². The number of carbonyl (C=O) groups is 2. The molecule has 0 spiro atoms. The van der Waals surface area contributed by atoms with Crippen LogP contribution < -0.4 is 10.0 Å². The molecule has 0 saturated heterocycles. The predicted molar refractivity (Wildman–Crippen MR) is 79.4 cm³/mol. The summed E-state index contributed by atoms with van der Waals surface area (Å²) in [6.07, 6.45) is 0. The van der Waals surface area contributed by atoms with Gasteiger partial charge in [0.25, 0.3) is 15.9 Å². The van der Waals surface area contributed by atoms with Crippen LogP contribution in [0.1, 0.15) is 27.8 Å². The first-order valence-electron chi connectivity index (χ1n) is 6.29. The molecule has 0 radical (unpaired) electrons. The number of anilines is 1. The van der Waals surface area contributed by atoms with Crippen molar-refractivity contribution in [2.75, 3.05) is 12.4 Å². The minimum absolute atomic E-state index is 0.0779. The van der Waals surface area contributed by atoms with Crippen molar-refractivity contribution in [3.05, 3.63) is 47.7 Å². The molecule has 0 aliphatic rings. The normalized spacial score (nSPS) is 11.2. The summed E-state index contributed by atoms with van der Waals surface area (Å²) >= 11 is 0. The number of carbonyl (C=O) groups excluding carboxylic acids is 2. The van der Waals surface area contributed by atoms with Crippen LogP contribution in [0.15, 0.2) is 45.9 Å². The fourth-order valence-electron chi connectivity index (χ4n) is 1.67. The standard InChI is InChI=1S/C14H14N2O5S/c1-9(17)10-3-5-11(6-4-10)16-14(18)12-7-8-13(21-12)22(19,20)15-2/h3-8,15H,1-2H3,(H,16,18). The van der Waals surface area contributed by atoms with Gasteiger partial charge >= 0.3 is 0 Å². The third-order valence-electron chi connectivity index (χ3n) is 2.89. The molecule has 0 saturated carbocycles. The Morgan fingerprint density at radius 1 is 1.05 bits per heavy atom. The van der Waals surface area contributed by atoms with Crippen LogP contribution >= 0.6 is 0 Å². The second kappa shape index (κ2) is 6.12. The number of hydrogen-bond acceptors (Lipinski definition) is 5. The molecule has 1 heterocycles. The lowest BCUT2D eigenvalue weighted by Crippen LogP contribution is -2.18. The van der Waals surface area contributed by atoms with Gasteiger partial charge in [-0.15, -0.1) is 0 Å². The molecule has 116 valence electrons. The maximum atomic E-state index is 12.0. The monoisotopic (exact) mass is 322 g/mol. The number of hydrogen-bond donors (Lipinski definition) is 2. The summed E-state index contributed by atoms with van der Waals surface area (Å²) in [5.41, 5.74) is 0.989. The van der Waals surface area contributed by atoms with Gasteiger partial charge in [0.05, 0.1) is 0 Å². The third-order valence-corrected chi connectivity index (χ3v) is 4.17. The summed E-state index contributed by atoms with van der Waals surface area (Å²) in [5, 5.41) is 2.21. The Morgan fingerprint density at radius 2 is 1.68 bits per heavy atom. The van der Waals surface area contributed by atoms with Gasteiger partial charge in [-0.25, -0.2) is 13.1 Å². The van der Waals surface area contributed by atoms with Gasteiger partial charge in [-0.05, 0) is 50.4 Å². The number of ketones is 1. The van der Waals surface area contributed by atoms with Crippen molar-refractivity contribution in [2.24, 2.45) is 0 Å². The fourth-order valence-corrected chi connectivity index (χ4v) is 2.32. The van der Waals surface area contributed by atoms with Crippen LogP contribution in [0.3, 0.4) is 0 Å². The Balaban J connectivity index is 2.14. The topological polar surface area (TPSA) is 105 Å². The van der Waals surface area contributed by atoms with E-state index in [4.69, 9.17) is 4.42 Å². The maximum Gasteiger partial charge on any atom is 0.291 e. The first-order valence-corrected chi connectivity index (χ1v) is 7.77. The first kappa shape index (κ1) is 15.9. The van der Waals surface area contributed by atoms with E-state index in [2.05, 4.69) is 10.0 Å². The molecule has 7 nitrogen and oxygen atoms in total. The van der Waals surface area contributed by atoms with Gasteiger partial charge in [-0.1, -0.05) is 0 Å². The molecule has 0 fully saturated rings. The largest absolute Gasteiger partial charge is 0.438 e. The summed E-state index contributed by atoms with van der Waals surface area (Å²) in [6, 6.07) is 8.77. The third kappa shape index (κ3) is 3.41. The molecule has 2 N–H and O–H groups in total. The lowest BCUT2D eigenvalue weighted by atomic mass is 10.1. The molecule has 0 aliphatic carbocycles. The average Bonchev–Trinajstić information content (AvgIpc) is 2.98. The molecule has 0 atom stereocenters. The predicted octanol–water partition coefficient (Wildman–Crippen LogP) is 1.64. The highest BCUT2D eigenvalue weighted by atomic mass is 32.2. The zero-order valence-electron chi connectivity index (χ0n) is 11.9. The van der Waals surface area contributed by atoms with Crippen LogP contribution in [0, 0.1) is 0 Å². The van der Waals surface area contributed by atoms with Crippen molar-refractivity contribution < 1.29 is 22.4 Å². The molecule has 8 heteroatoms. The molecule has 0 aliphatic heterocycles. The van der Waals surface area contributed by atoms with Crippen LogP contribution in [0.25, 0.3) is 0 Å². The van der Waals surface area contributed by atoms with E-state index in [9.17, 15) is 18.0 Å². The highest BCUT2D eigenvalue weighted by Crippen LogP contribution is 2.16. The Morgan fingerprint density at radius 3 is 2.23 bits per heavy atom. The Bertz CT molecular complexity index is 806. The van der Waals surface area contributed by atoms with E-state index in [1.807, 2.05) is 0 Å². The van der Waals surface area contributed by atoms with E-state index in [0.29, 0.717) is 11.3 Å². The van der Waals surface area contributed by atoms with Gasteiger partial charge in [0.2, 0.25) is 5.09 Å². The van der Waals surface area contributed by atoms with E-state index >= 15 is 0 Å². The van der Waals surface area contributed by atoms with Gasteiger partial charge in [0, 0.05) is 11.3 Å². The smallest absolute Gasteiger partial charge is 0.291 e. The number of amides is 1. The Labute approximate surface area is 127 Å². The number of rotatable bonds is 5. The number of sulfonamides is 1. The van der Waals surface area contributed by atoms with E-state index in [0.717, 1.165) is 0 Å². The molecule has 22 heavy (non-hydrogen) atoms. The van der Waals surface area contributed by atoms with Gasteiger partial charge in [-0.3, -0.25) is 9.59 Å². The molecule has 1 aromatic heterocycles. The second-order valence-electron chi connectivity index (χ2n) is 4.41. The SMILES string of the molecule is CNS(=O)(=O)c1ccc(C(=O)Nc2ccc(C(C)=O)cc2)o1.